The van der Waals surface area contributed by atoms with Crippen LogP contribution in [0.4, 0.5) is 0 Å². The Morgan fingerprint density at radius 2 is 1.83 bits per heavy atom. The van der Waals surface area contributed by atoms with Crippen molar-refractivity contribution in [2.45, 2.75) is 18.7 Å². The van der Waals surface area contributed by atoms with Crippen LogP contribution in [0.15, 0.2) is 97.6 Å². The monoisotopic (exact) mass is 521 g/mol. The van der Waals surface area contributed by atoms with Crippen LogP contribution in [-0.4, -0.2) is 39.8 Å². The molecule has 0 radical (unpaired) electrons. The zero-order valence-corrected chi connectivity index (χ0v) is 21.6. The predicted molar refractivity (Wildman–Crippen MR) is 146 cm³/mol. The zero-order valence-electron chi connectivity index (χ0n) is 20.1. The van der Waals surface area contributed by atoms with Crippen LogP contribution in [0.1, 0.15) is 16.7 Å². The molecule has 0 aliphatic heterocycles. The molecule has 1 N–H and O–H groups in total. The smallest absolute Gasteiger partial charge is 0.143 e. The second kappa shape index (κ2) is 12.2. The molecule has 4 aromatic rings. The molecule has 0 saturated carbocycles. The summed E-state index contributed by atoms with van der Waals surface area (Å²) in [6, 6.07) is 23.3. The number of benzene rings is 3. The van der Waals surface area contributed by atoms with Crippen LogP contribution < -0.4 is 4.74 Å². The van der Waals surface area contributed by atoms with Crippen molar-refractivity contribution < 1.29 is 9.84 Å². The number of halogens is 2. The minimum atomic E-state index is -1.38. The largest absolute Gasteiger partial charge is 0.490 e. The highest BCUT2D eigenvalue weighted by atomic mass is 35.5. The van der Waals surface area contributed by atoms with Crippen LogP contribution in [0.25, 0.3) is 6.08 Å². The molecule has 1 atom stereocenters. The average molecular weight is 522 g/mol. The summed E-state index contributed by atoms with van der Waals surface area (Å²) < 4.78 is 7.82. The van der Waals surface area contributed by atoms with Crippen molar-refractivity contribution in [3.05, 3.63) is 124 Å². The van der Waals surface area contributed by atoms with Gasteiger partial charge in [0, 0.05) is 41.1 Å². The van der Waals surface area contributed by atoms with Gasteiger partial charge in [0.1, 0.15) is 18.0 Å². The fraction of sp³-hybridized carbons (Fsp3) is 0.207. The van der Waals surface area contributed by atoms with Crippen LogP contribution in [0.3, 0.4) is 0 Å². The summed E-state index contributed by atoms with van der Waals surface area (Å²) in [6.07, 6.45) is 9.39. The van der Waals surface area contributed by atoms with E-state index < -0.39 is 5.60 Å². The summed E-state index contributed by atoms with van der Waals surface area (Å²) >= 11 is 12.5. The van der Waals surface area contributed by atoms with Crippen molar-refractivity contribution in [2.75, 3.05) is 20.2 Å². The van der Waals surface area contributed by atoms with E-state index in [1.54, 1.807) is 41.5 Å². The number of aliphatic hydroxyl groups is 1. The highest BCUT2D eigenvalue weighted by Crippen LogP contribution is 2.33. The molecule has 1 unspecified atom stereocenters. The topological polar surface area (TPSA) is 50.5 Å². The first-order valence-electron chi connectivity index (χ1n) is 11.7. The SMILES string of the molecule is CN(CC=Cc1ccccc1)Cc1ccc(OCC(O)(Cn2ccnc2)c2ccc(Cl)cc2Cl)cc1. The Morgan fingerprint density at radius 3 is 2.53 bits per heavy atom. The molecule has 0 saturated heterocycles. The molecule has 7 heteroatoms. The zero-order chi connectivity index (χ0) is 25.4. The van der Waals surface area contributed by atoms with Gasteiger partial charge in [0.2, 0.25) is 0 Å². The molecular formula is C29H29Cl2N3O2. The highest BCUT2D eigenvalue weighted by Gasteiger charge is 2.33. The number of rotatable bonds is 11. The van der Waals surface area contributed by atoms with E-state index >= 15 is 0 Å². The molecule has 0 aliphatic carbocycles. The minimum Gasteiger partial charge on any atom is -0.490 e. The maximum atomic E-state index is 11.6. The summed E-state index contributed by atoms with van der Waals surface area (Å²) in [6.45, 7) is 1.89. The Balaban J connectivity index is 1.37. The van der Waals surface area contributed by atoms with Gasteiger partial charge in [0.25, 0.3) is 0 Å². The van der Waals surface area contributed by atoms with Crippen molar-refractivity contribution in [1.82, 2.24) is 14.5 Å². The standard InChI is InChI=1S/C29H29Cl2N3O2/c1-33(16-5-8-23-6-3-2-4-7-23)19-24-9-12-26(13-10-24)36-21-29(35,20-34-17-15-32-22-34)27-14-11-25(30)18-28(27)31/h2-15,17-18,22,35H,16,19-21H2,1H3. The Hall–Kier alpha value is -3.09. The van der Waals surface area contributed by atoms with E-state index in [1.165, 1.54) is 11.1 Å². The molecule has 0 fully saturated rings. The third-order valence-corrected chi connectivity index (χ3v) is 6.36. The first-order valence-corrected chi connectivity index (χ1v) is 12.4. The lowest BCUT2D eigenvalue weighted by molar-refractivity contribution is -0.0242. The summed E-state index contributed by atoms with van der Waals surface area (Å²) in [5, 5.41) is 12.5. The summed E-state index contributed by atoms with van der Waals surface area (Å²) in [7, 11) is 2.09. The number of imidazole rings is 1. The number of hydrogen-bond donors (Lipinski definition) is 1. The van der Waals surface area contributed by atoms with Crippen LogP contribution in [0.2, 0.25) is 10.0 Å². The number of likely N-dealkylation sites (N-methyl/N-ethyl adjacent to an activating group) is 1. The maximum absolute atomic E-state index is 11.6. The quantitative estimate of drug-likeness (QED) is 0.251. The Labute approximate surface area is 222 Å². The van der Waals surface area contributed by atoms with E-state index in [1.807, 2.05) is 42.5 Å². The van der Waals surface area contributed by atoms with Crippen LogP contribution in [-0.2, 0) is 18.7 Å². The Morgan fingerprint density at radius 1 is 1.06 bits per heavy atom. The van der Waals surface area contributed by atoms with E-state index in [0.717, 1.165) is 13.1 Å². The van der Waals surface area contributed by atoms with E-state index in [4.69, 9.17) is 27.9 Å². The normalized spacial score (nSPS) is 13.2. The second-order valence-electron chi connectivity index (χ2n) is 8.83. The average Bonchev–Trinajstić information content (AvgIpc) is 3.37. The Bertz CT molecular complexity index is 1260. The van der Waals surface area contributed by atoms with Gasteiger partial charge in [-0.2, -0.15) is 0 Å². The van der Waals surface area contributed by atoms with Crippen molar-refractivity contribution in [2.24, 2.45) is 0 Å². The van der Waals surface area contributed by atoms with Crippen LogP contribution in [0.5, 0.6) is 5.75 Å². The van der Waals surface area contributed by atoms with Gasteiger partial charge in [-0.05, 0) is 42.4 Å². The molecule has 4 rings (SSSR count). The van der Waals surface area contributed by atoms with E-state index in [9.17, 15) is 5.11 Å². The first kappa shape index (κ1) is 26.0. The summed E-state index contributed by atoms with van der Waals surface area (Å²) in [4.78, 5) is 6.31. The predicted octanol–water partition coefficient (Wildman–Crippen LogP) is 6.30. The molecule has 0 bridgehead atoms. The van der Waals surface area contributed by atoms with E-state index in [2.05, 4.69) is 41.2 Å². The van der Waals surface area contributed by atoms with Crippen LogP contribution in [0, 0.1) is 0 Å². The van der Waals surface area contributed by atoms with Crippen molar-refractivity contribution in [1.29, 1.82) is 0 Å². The lowest BCUT2D eigenvalue weighted by Gasteiger charge is -2.30. The van der Waals surface area contributed by atoms with Gasteiger partial charge in [0.15, 0.2) is 0 Å². The summed E-state index contributed by atoms with van der Waals surface area (Å²) in [5.41, 5.74) is 1.53. The van der Waals surface area contributed by atoms with Crippen molar-refractivity contribution in [3.63, 3.8) is 0 Å². The highest BCUT2D eigenvalue weighted by molar-refractivity contribution is 6.35. The molecule has 1 aromatic heterocycles. The molecule has 0 spiro atoms. The van der Waals surface area contributed by atoms with Crippen LogP contribution >= 0.6 is 23.2 Å². The van der Waals surface area contributed by atoms with Gasteiger partial charge in [0.05, 0.1) is 12.9 Å². The molecule has 3 aromatic carbocycles. The van der Waals surface area contributed by atoms with Gasteiger partial charge in [-0.15, -0.1) is 0 Å². The molecule has 186 valence electrons. The molecule has 1 heterocycles. The Kier molecular flexibility index (Phi) is 8.83. The number of nitrogens with zero attached hydrogens (tertiary/aromatic N) is 3. The lowest BCUT2D eigenvalue weighted by Crippen LogP contribution is -2.38. The third-order valence-electron chi connectivity index (χ3n) is 5.82. The molecule has 36 heavy (non-hydrogen) atoms. The molecular weight excluding hydrogens is 493 g/mol. The van der Waals surface area contributed by atoms with Gasteiger partial charge in [-0.1, -0.05) is 83.9 Å². The van der Waals surface area contributed by atoms with E-state index in [0.29, 0.717) is 21.4 Å². The fourth-order valence-electron chi connectivity index (χ4n) is 3.96. The van der Waals surface area contributed by atoms with Gasteiger partial charge < -0.3 is 14.4 Å². The van der Waals surface area contributed by atoms with Crippen molar-refractivity contribution in [3.8, 4) is 5.75 Å². The maximum Gasteiger partial charge on any atom is 0.143 e. The molecule has 0 aliphatic rings. The lowest BCUT2D eigenvalue weighted by atomic mass is 9.94. The number of aromatic nitrogens is 2. The first-order chi connectivity index (χ1) is 17.4. The number of hydrogen-bond acceptors (Lipinski definition) is 4. The van der Waals surface area contributed by atoms with Gasteiger partial charge in [-0.25, -0.2) is 4.98 Å². The van der Waals surface area contributed by atoms with Crippen molar-refractivity contribution >= 4 is 29.3 Å². The molecule has 0 amide bonds. The second-order valence-corrected chi connectivity index (χ2v) is 9.68. The number of ether oxygens (including phenoxy) is 1. The minimum absolute atomic E-state index is 0.00998. The van der Waals surface area contributed by atoms with Gasteiger partial charge in [-0.3, -0.25) is 4.90 Å². The van der Waals surface area contributed by atoms with Gasteiger partial charge >= 0.3 is 0 Å². The fourth-order valence-corrected chi connectivity index (χ4v) is 4.55. The third kappa shape index (κ3) is 7.21. The summed E-state index contributed by atoms with van der Waals surface area (Å²) in [5.74, 6) is 0.666. The van der Waals surface area contributed by atoms with E-state index in [-0.39, 0.29) is 13.2 Å². The molecule has 5 nitrogen and oxygen atoms in total.